The minimum Gasteiger partial charge on any atom is -0.487 e. The third-order valence-electron chi connectivity index (χ3n) is 6.29. The van der Waals surface area contributed by atoms with E-state index in [4.69, 9.17) is 9.47 Å². The van der Waals surface area contributed by atoms with Gasteiger partial charge in [0, 0.05) is 30.8 Å². The zero-order chi connectivity index (χ0) is 19.6. The highest BCUT2D eigenvalue weighted by atomic mass is 16.5. The van der Waals surface area contributed by atoms with Crippen LogP contribution in [0, 0.1) is 5.92 Å². The van der Waals surface area contributed by atoms with Crippen LogP contribution in [0.2, 0.25) is 0 Å². The molecular formula is C25H27NO3. The van der Waals surface area contributed by atoms with Crippen molar-refractivity contribution in [2.45, 2.75) is 32.3 Å². The monoisotopic (exact) mass is 389 g/mol. The van der Waals surface area contributed by atoms with E-state index in [1.807, 2.05) is 24.3 Å². The number of nitrogens with one attached hydrogen (secondary N) is 1. The summed E-state index contributed by atoms with van der Waals surface area (Å²) in [5.74, 6) is 1.67. The first-order chi connectivity index (χ1) is 14.3. The first kappa shape index (κ1) is 18.6. The Morgan fingerprint density at radius 1 is 1.00 bits per heavy atom. The Morgan fingerprint density at radius 2 is 1.86 bits per heavy atom. The van der Waals surface area contributed by atoms with Gasteiger partial charge in [-0.3, -0.25) is 4.79 Å². The van der Waals surface area contributed by atoms with E-state index in [0.29, 0.717) is 13.0 Å². The highest BCUT2D eigenvalue weighted by molar-refractivity contribution is 6.31. The van der Waals surface area contributed by atoms with Gasteiger partial charge in [-0.1, -0.05) is 42.5 Å². The molecule has 3 aliphatic rings. The number of ketones is 1. The van der Waals surface area contributed by atoms with E-state index >= 15 is 0 Å². The van der Waals surface area contributed by atoms with Gasteiger partial charge in [-0.25, -0.2) is 0 Å². The molecule has 29 heavy (non-hydrogen) atoms. The molecule has 0 radical (unpaired) electrons. The summed E-state index contributed by atoms with van der Waals surface area (Å²) in [6, 6.07) is 14.6. The Bertz CT molecular complexity index is 956. The van der Waals surface area contributed by atoms with Crippen LogP contribution in [0.3, 0.4) is 0 Å². The van der Waals surface area contributed by atoms with Crippen molar-refractivity contribution in [1.29, 1.82) is 0 Å². The predicted molar refractivity (Wildman–Crippen MR) is 113 cm³/mol. The van der Waals surface area contributed by atoms with Gasteiger partial charge in [0.25, 0.3) is 0 Å². The molecule has 0 saturated carbocycles. The molecule has 1 fully saturated rings. The van der Waals surface area contributed by atoms with E-state index in [1.165, 1.54) is 24.0 Å². The zero-order valence-corrected chi connectivity index (χ0v) is 16.7. The molecule has 0 aromatic heterocycles. The molecule has 2 aromatic carbocycles. The molecule has 4 nitrogen and oxygen atoms in total. The van der Waals surface area contributed by atoms with Crippen LogP contribution in [0.1, 0.15) is 40.7 Å². The number of rotatable bonds is 5. The van der Waals surface area contributed by atoms with Crippen LogP contribution in [0.15, 0.2) is 42.5 Å². The lowest BCUT2D eigenvalue weighted by Crippen LogP contribution is -2.29. The highest BCUT2D eigenvalue weighted by Crippen LogP contribution is 2.40. The molecule has 0 spiro atoms. The number of Topliss-reactive ketones (excluding diaryl/α,β-unsaturated/α-hetero) is 1. The highest BCUT2D eigenvalue weighted by Gasteiger charge is 2.32. The van der Waals surface area contributed by atoms with Gasteiger partial charge in [0.1, 0.15) is 12.4 Å². The fourth-order valence-electron chi connectivity index (χ4n) is 4.65. The first-order valence-corrected chi connectivity index (χ1v) is 10.7. The molecule has 2 aliphatic heterocycles. The quantitative estimate of drug-likeness (QED) is 0.625. The Labute approximate surface area is 171 Å². The van der Waals surface area contributed by atoms with Crippen molar-refractivity contribution in [3.05, 3.63) is 70.3 Å². The van der Waals surface area contributed by atoms with Crippen LogP contribution in [-0.2, 0) is 33.7 Å². The third-order valence-corrected chi connectivity index (χ3v) is 6.29. The second-order valence-corrected chi connectivity index (χ2v) is 8.25. The summed E-state index contributed by atoms with van der Waals surface area (Å²) >= 11 is 0. The average molecular weight is 389 g/mol. The van der Waals surface area contributed by atoms with E-state index < -0.39 is 0 Å². The van der Waals surface area contributed by atoms with Crippen LogP contribution in [0.4, 0.5) is 0 Å². The number of hydrogen-bond donors (Lipinski definition) is 1. The van der Waals surface area contributed by atoms with Crippen molar-refractivity contribution in [1.82, 2.24) is 5.32 Å². The largest absolute Gasteiger partial charge is 0.487 e. The van der Waals surface area contributed by atoms with Gasteiger partial charge in [0.15, 0.2) is 5.78 Å². The maximum absolute atomic E-state index is 12.6. The molecule has 1 N–H and O–H groups in total. The topological polar surface area (TPSA) is 47.6 Å². The molecule has 0 bridgehead atoms. The number of allylic oxidation sites excluding steroid dienone is 1. The number of carbonyl (C=O) groups excluding carboxylic acids is 1. The van der Waals surface area contributed by atoms with Crippen molar-refractivity contribution in [3.8, 4) is 0 Å². The number of hydrogen-bond acceptors (Lipinski definition) is 4. The van der Waals surface area contributed by atoms with E-state index in [1.54, 1.807) is 0 Å². The van der Waals surface area contributed by atoms with Crippen molar-refractivity contribution in [2.75, 3.05) is 26.3 Å². The Balaban J connectivity index is 1.28. The van der Waals surface area contributed by atoms with Crippen molar-refractivity contribution >= 4 is 17.1 Å². The zero-order valence-electron chi connectivity index (χ0n) is 16.7. The van der Waals surface area contributed by atoms with Gasteiger partial charge in [-0.05, 0) is 55.0 Å². The molecule has 150 valence electrons. The maximum Gasteiger partial charge on any atom is 0.171 e. The van der Waals surface area contributed by atoms with E-state index in [-0.39, 0.29) is 5.78 Å². The summed E-state index contributed by atoms with van der Waals surface area (Å²) < 4.78 is 11.5. The summed E-state index contributed by atoms with van der Waals surface area (Å²) in [7, 11) is 0. The fourth-order valence-corrected chi connectivity index (χ4v) is 4.65. The van der Waals surface area contributed by atoms with Crippen molar-refractivity contribution < 1.29 is 14.3 Å². The SMILES string of the molecule is O=C1Cc2ccccc2/C1=C1\OCc2cc(CCNCC3CCOCC3)ccc21. The molecule has 2 heterocycles. The summed E-state index contributed by atoms with van der Waals surface area (Å²) in [6.45, 7) is 4.42. The van der Waals surface area contributed by atoms with Crippen LogP contribution < -0.4 is 5.32 Å². The van der Waals surface area contributed by atoms with E-state index in [0.717, 1.165) is 66.7 Å². The first-order valence-electron chi connectivity index (χ1n) is 10.7. The second kappa shape index (κ2) is 8.13. The Hall–Kier alpha value is -2.43. The fraction of sp³-hybridized carbons (Fsp3) is 0.400. The molecule has 1 aliphatic carbocycles. The van der Waals surface area contributed by atoms with Crippen molar-refractivity contribution in [2.24, 2.45) is 5.92 Å². The second-order valence-electron chi connectivity index (χ2n) is 8.25. The smallest absolute Gasteiger partial charge is 0.171 e. The lowest BCUT2D eigenvalue weighted by molar-refractivity contribution is -0.112. The van der Waals surface area contributed by atoms with Gasteiger partial charge in [-0.15, -0.1) is 0 Å². The standard InChI is InChI=1S/C25H27NO3/c27-23-14-19-3-1-2-4-21(19)24(23)25-22-6-5-17(13-20(22)16-29-25)7-10-26-15-18-8-11-28-12-9-18/h1-6,13,18,26H,7-12,14-16H2/b25-24+. The van der Waals surface area contributed by atoms with Gasteiger partial charge in [0.2, 0.25) is 0 Å². The van der Waals surface area contributed by atoms with Gasteiger partial charge < -0.3 is 14.8 Å². The Kier molecular flexibility index (Phi) is 5.21. The lowest BCUT2D eigenvalue weighted by atomic mass is 9.98. The third kappa shape index (κ3) is 3.75. The molecule has 0 amide bonds. The molecule has 2 aromatic rings. The van der Waals surface area contributed by atoms with Crippen LogP contribution >= 0.6 is 0 Å². The number of benzene rings is 2. The number of carbonyl (C=O) groups is 1. The molecule has 0 unspecified atom stereocenters. The summed E-state index contributed by atoms with van der Waals surface area (Å²) in [4.78, 5) is 12.6. The Morgan fingerprint density at radius 3 is 2.76 bits per heavy atom. The molecule has 1 saturated heterocycles. The molecular weight excluding hydrogens is 362 g/mol. The summed E-state index contributed by atoms with van der Waals surface area (Å²) in [6.07, 6.45) is 3.82. The lowest BCUT2D eigenvalue weighted by Gasteiger charge is -2.22. The van der Waals surface area contributed by atoms with E-state index in [2.05, 4.69) is 23.5 Å². The number of fused-ring (bicyclic) bond motifs is 2. The predicted octanol–water partition coefficient (Wildman–Crippen LogP) is 3.77. The molecule has 4 heteroatoms. The van der Waals surface area contributed by atoms with E-state index in [9.17, 15) is 4.79 Å². The van der Waals surface area contributed by atoms with Crippen LogP contribution in [0.25, 0.3) is 11.3 Å². The van der Waals surface area contributed by atoms with Crippen molar-refractivity contribution in [3.63, 3.8) is 0 Å². The van der Waals surface area contributed by atoms with Gasteiger partial charge in [0.05, 0.1) is 5.57 Å². The van der Waals surface area contributed by atoms with Gasteiger partial charge >= 0.3 is 0 Å². The molecule has 0 atom stereocenters. The number of ether oxygens (including phenoxy) is 2. The van der Waals surface area contributed by atoms with Gasteiger partial charge in [-0.2, -0.15) is 0 Å². The summed E-state index contributed by atoms with van der Waals surface area (Å²) in [5.41, 5.74) is 6.46. The maximum atomic E-state index is 12.6. The average Bonchev–Trinajstić information content (AvgIpc) is 3.31. The van der Waals surface area contributed by atoms with Crippen LogP contribution in [-0.4, -0.2) is 32.1 Å². The summed E-state index contributed by atoms with van der Waals surface area (Å²) in [5, 5.41) is 3.60. The minimum atomic E-state index is 0.162. The van der Waals surface area contributed by atoms with Crippen LogP contribution in [0.5, 0.6) is 0 Å². The molecule has 5 rings (SSSR count). The normalized spacial score (nSPS) is 21.2. The minimum absolute atomic E-state index is 0.162.